The van der Waals surface area contributed by atoms with Crippen LogP contribution in [0.4, 0.5) is 13.2 Å². The van der Waals surface area contributed by atoms with Gasteiger partial charge in [0.25, 0.3) is 0 Å². The third kappa shape index (κ3) is 3.35. The van der Waals surface area contributed by atoms with E-state index in [0.29, 0.717) is 23.5 Å². The highest BCUT2D eigenvalue weighted by Gasteiger charge is 2.30. The molecule has 1 amide bonds. The van der Waals surface area contributed by atoms with Crippen LogP contribution < -0.4 is 5.73 Å². The van der Waals surface area contributed by atoms with Gasteiger partial charge in [-0.1, -0.05) is 25.1 Å². The Hall–Kier alpha value is -2.83. The first-order chi connectivity index (χ1) is 11.8. The quantitative estimate of drug-likeness (QED) is 0.782. The molecule has 3 rings (SSSR count). The predicted molar refractivity (Wildman–Crippen MR) is 87.7 cm³/mol. The van der Waals surface area contributed by atoms with Crippen LogP contribution in [0, 0.1) is 5.92 Å². The fourth-order valence-corrected chi connectivity index (χ4v) is 2.65. The number of carbonyl (C=O) groups is 1. The molecule has 0 aliphatic heterocycles. The van der Waals surface area contributed by atoms with Gasteiger partial charge in [-0.2, -0.15) is 13.2 Å². The number of primary amides is 1. The van der Waals surface area contributed by atoms with Crippen molar-refractivity contribution in [3.05, 3.63) is 60.0 Å². The van der Waals surface area contributed by atoms with Crippen molar-refractivity contribution in [3.63, 3.8) is 0 Å². The summed E-state index contributed by atoms with van der Waals surface area (Å²) in [5.41, 5.74) is 6.52. The number of halogens is 3. The average molecular weight is 347 g/mol. The van der Waals surface area contributed by atoms with Gasteiger partial charge in [0.2, 0.25) is 5.91 Å². The number of hydrogen-bond donors (Lipinski definition) is 1. The number of alkyl halides is 3. The van der Waals surface area contributed by atoms with Crippen molar-refractivity contribution in [1.82, 2.24) is 9.38 Å². The molecule has 4 nitrogen and oxygen atoms in total. The highest BCUT2D eigenvalue weighted by Crippen LogP contribution is 2.32. The van der Waals surface area contributed by atoms with Gasteiger partial charge in [-0.3, -0.25) is 4.79 Å². The topological polar surface area (TPSA) is 60.4 Å². The van der Waals surface area contributed by atoms with Crippen molar-refractivity contribution in [2.75, 3.05) is 0 Å². The van der Waals surface area contributed by atoms with Gasteiger partial charge in [0.1, 0.15) is 5.82 Å². The minimum atomic E-state index is -4.38. The monoisotopic (exact) mass is 347 g/mol. The number of benzene rings is 1. The Morgan fingerprint density at radius 3 is 2.48 bits per heavy atom. The fourth-order valence-electron chi connectivity index (χ4n) is 2.65. The van der Waals surface area contributed by atoms with Gasteiger partial charge in [-0.05, 0) is 24.3 Å². The van der Waals surface area contributed by atoms with Crippen LogP contribution in [0.2, 0.25) is 0 Å². The first kappa shape index (κ1) is 17.0. The number of pyridine rings is 1. The number of nitrogens with zero attached hydrogens (tertiary/aromatic N) is 2. The second kappa shape index (κ2) is 6.23. The van der Waals surface area contributed by atoms with Crippen LogP contribution in [0.25, 0.3) is 16.8 Å². The van der Waals surface area contributed by atoms with Gasteiger partial charge >= 0.3 is 6.18 Å². The van der Waals surface area contributed by atoms with Crippen LogP contribution in [0.5, 0.6) is 0 Å². The molecule has 0 aliphatic carbocycles. The van der Waals surface area contributed by atoms with Crippen molar-refractivity contribution >= 4 is 11.4 Å². The van der Waals surface area contributed by atoms with E-state index in [2.05, 4.69) is 4.98 Å². The Bertz CT molecular complexity index is 913. The molecule has 0 aliphatic rings. The SMILES string of the molecule is CC(Cc1nc(-c2ccc(C(F)(F)F)cc2)c2ccccn12)C(N)=O. The molecule has 2 aromatic heterocycles. The molecule has 0 fully saturated rings. The van der Waals surface area contributed by atoms with Crippen LogP contribution in [-0.2, 0) is 17.4 Å². The summed E-state index contributed by atoms with van der Waals surface area (Å²) in [4.78, 5) is 15.9. The lowest BCUT2D eigenvalue weighted by molar-refractivity contribution is -0.137. The fraction of sp³-hybridized carbons (Fsp3) is 0.222. The molecule has 2 heterocycles. The third-order valence-corrected chi connectivity index (χ3v) is 4.08. The molecule has 0 saturated carbocycles. The molecule has 0 spiro atoms. The standard InChI is InChI=1S/C18H16F3N3O/c1-11(17(22)25)10-15-23-16(14-4-2-3-9-24(14)15)12-5-7-13(8-6-12)18(19,20)21/h2-9,11H,10H2,1H3,(H2,22,25). The van der Waals surface area contributed by atoms with Crippen molar-refractivity contribution in [1.29, 1.82) is 0 Å². The maximum atomic E-state index is 12.7. The van der Waals surface area contributed by atoms with E-state index >= 15 is 0 Å². The molecule has 1 aromatic carbocycles. The Kier molecular flexibility index (Phi) is 4.24. The van der Waals surface area contributed by atoms with E-state index in [0.717, 1.165) is 17.6 Å². The van der Waals surface area contributed by atoms with E-state index in [1.165, 1.54) is 12.1 Å². The smallest absolute Gasteiger partial charge is 0.369 e. The number of amides is 1. The molecule has 130 valence electrons. The molecule has 0 bridgehead atoms. The van der Waals surface area contributed by atoms with E-state index in [1.807, 2.05) is 22.6 Å². The second-order valence-corrected chi connectivity index (χ2v) is 5.92. The molecule has 7 heteroatoms. The summed E-state index contributed by atoms with van der Waals surface area (Å²) in [6, 6.07) is 10.4. The van der Waals surface area contributed by atoms with E-state index < -0.39 is 23.6 Å². The molecule has 25 heavy (non-hydrogen) atoms. The third-order valence-electron chi connectivity index (χ3n) is 4.08. The van der Waals surface area contributed by atoms with Crippen molar-refractivity contribution in [3.8, 4) is 11.3 Å². The molecule has 2 N–H and O–H groups in total. The Balaban J connectivity index is 2.06. The normalized spacial score (nSPS) is 13.1. The van der Waals surface area contributed by atoms with Crippen molar-refractivity contribution < 1.29 is 18.0 Å². The van der Waals surface area contributed by atoms with Crippen molar-refractivity contribution in [2.24, 2.45) is 11.7 Å². The van der Waals surface area contributed by atoms with Gasteiger partial charge in [-0.15, -0.1) is 0 Å². The zero-order valence-corrected chi connectivity index (χ0v) is 13.4. The number of fused-ring (bicyclic) bond motifs is 1. The Morgan fingerprint density at radius 1 is 1.20 bits per heavy atom. The number of hydrogen-bond acceptors (Lipinski definition) is 2. The number of rotatable bonds is 4. The maximum Gasteiger partial charge on any atom is 0.416 e. The minimum absolute atomic E-state index is 0.348. The average Bonchev–Trinajstić information content (AvgIpc) is 2.93. The number of carbonyl (C=O) groups excluding carboxylic acids is 1. The summed E-state index contributed by atoms with van der Waals surface area (Å²) in [5.74, 6) is -0.188. The summed E-state index contributed by atoms with van der Waals surface area (Å²) in [6.45, 7) is 1.71. The van der Waals surface area contributed by atoms with Crippen LogP contribution in [0.1, 0.15) is 18.3 Å². The van der Waals surface area contributed by atoms with Gasteiger partial charge < -0.3 is 10.1 Å². The zero-order valence-electron chi connectivity index (χ0n) is 13.4. The van der Waals surface area contributed by atoms with Crippen molar-refractivity contribution in [2.45, 2.75) is 19.5 Å². The number of nitrogens with two attached hydrogens (primary N) is 1. The number of aromatic nitrogens is 2. The largest absolute Gasteiger partial charge is 0.416 e. The first-order valence-electron chi connectivity index (χ1n) is 7.70. The lowest BCUT2D eigenvalue weighted by Crippen LogP contribution is -2.23. The summed E-state index contributed by atoms with van der Waals surface area (Å²) < 4.78 is 40.0. The van der Waals surface area contributed by atoms with E-state index in [1.54, 1.807) is 13.1 Å². The highest BCUT2D eigenvalue weighted by atomic mass is 19.4. The van der Waals surface area contributed by atoms with Gasteiger partial charge in [0, 0.05) is 24.1 Å². The summed E-state index contributed by atoms with van der Waals surface area (Å²) in [6.07, 6.45) is -2.23. The van der Waals surface area contributed by atoms with E-state index in [4.69, 9.17) is 5.73 Å². The van der Waals surface area contributed by atoms with Gasteiger partial charge in [0.05, 0.1) is 16.8 Å². The summed E-state index contributed by atoms with van der Waals surface area (Å²) in [5, 5.41) is 0. The van der Waals surface area contributed by atoms with Crippen LogP contribution in [0.15, 0.2) is 48.7 Å². The van der Waals surface area contributed by atoms with E-state index in [9.17, 15) is 18.0 Å². The molecular weight excluding hydrogens is 331 g/mol. The molecule has 1 atom stereocenters. The minimum Gasteiger partial charge on any atom is -0.369 e. The van der Waals surface area contributed by atoms with Crippen LogP contribution in [-0.4, -0.2) is 15.3 Å². The van der Waals surface area contributed by atoms with E-state index in [-0.39, 0.29) is 0 Å². The molecule has 0 radical (unpaired) electrons. The van der Waals surface area contributed by atoms with Crippen LogP contribution in [0.3, 0.4) is 0 Å². The van der Waals surface area contributed by atoms with Crippen LogP contribution >= 0.6 is 0 Å². The summed E-state index contributed by atoms with van der Waals surface area (Å²) >= 11 is 0. The maximum absolute atomic E-state index is 12.7. The summed E-state index contributed by atoms with van der Waals surface area (Å²) in [7, 11) is 0. The zero-order chi connectivity index (χ0) is 18.2. The Morgan fingerprint density at radius 2 is 1.88 bits per heavy atom. The second-order valence-electron chi connectivity index (χ2n) is 5.92. The molecule has 0 saturated heterocycles. The molecule has 1 unspecified atom stereocenters. The Labute approximate surface area is 142 Å². The van der Waals surface area contributed by atoms with Gasteiger partial charge in [0.15, 0.2) is 0 Å². The lowest BCUT2D eigenvalue weighted by Gasteiger charge is -2.06. The lowest BCUT2D eigenvalue weighted by atomic mass is 10.1. The molecule has 3 aromatic rings. The number of imidazole rings is 1. The predicted octanol–water partition coefficient (Wildman–Crippen LogP) is 3.68. The highest BCUT2D eigenvalue weighted by molar-refractivity contribution is 5.79. The molecular formula is C18H16F3N3O. The van der Waals surface area contributed by atoms with Gasteiger partial charge in [-0.25, -0.2) is 4.98 Å². The first-order valence-corrected chi connectivity index (χ1v) is 7.70.